The fourth-order valence-electron chi connectivity index (χ4n) is 12.1. The molecule has 0 amide bonds. The standard InChI is InChI=1S/C28H43GeNO10/c1-13-4-5-18-25(3,35)20-14(11-30(18)10-13)15-9-26-22(27(15,38-12-31)23(34)21(20)33)16(39-36)8-17-24(26,2)7-6-19(32)28(17,29-26)40-37/h12-23,32-37H,4-11H2,1-3H3/t13?,14?,15?,16-,17?,18?,19?,20?,21?,22?,23+,24?,25-,26?,27+,28?/m1/s1. The van der Waals surface area contributed by atoms with Crippen LogP contribution in [-0.2, 0) is 19.3 Å². The van der Waals surface area contributed by atoms with E-state index in [0.717, 1.165) is 19.4 Å². The van der Waals surface area contributed by atoms with Crippen LogP contribution in [0.5, 0.6) is 0 Å². The summed E-state index contributed by atoms with van der Waals surface area (Å²) in [5, 5.41) is 68.0. The summed E-state index contributed by atoms with van der Waals surface area (Å²) in [7, 11) is 0. The van der Waals surface area contributed by atoms with Gasteiger partial charge in [0.25, 0.3) is 0 Å². The molecule has 3 aliphatic heterocycles. The van der Waals surface area contributed by atoms with E-state index in [1.54, 1.807) is 6.92 Å². The van der Waals surface area contributed by atoms with Crippen LogP contribution in [0.3, 0.4) is 0 Å². The monoisotopic (exact) mass is 627 g/mol. The van der Waals surface area contributed by atoms with Crippen molar-refractivity contribution in [2.75, 3.05) is 13.1 Å². The van der Waals surface area contributed by atoms with E-state index in [1.807, 2.05) is 0 Å². The van der Waals surface area contributed by atoms with Crippen molar-refractivity contribution in [1.82, 2.24) is 4.90 Å². The van der Waals surface area contributed by atoms with Crippen LogP contribution in [0.25, 0.3) is 0 Å². The molecule has 11 nitrogen and oxygen atoms in total. The summed E-state index contributed by atoms with van der Waals surface area (Å²) in [4.78, 5) is 25.0. The molecule has 4 saturated carbocycles. The Morgan fingerprint density at radius 2 is 1.82 bits per heavy atom. The number of rotatable bonds is 4. The molecule has 0 aromatic carbocycles. The number of aliphatic hydroxyl groups excluding tert-OH is 3. The fraction of sp³-hybridized carbons (Fsp3) is 0.964. The van der Waals surface area contributed by atoms with Crippen molar-refractivity contribution in [1.29, 1.82) is 0 Å². The SMILES string of the molecule is CC1CCC2N(C1)CC1C(C(O)[C@H](O)[C@]3(OC=O)C1C[C]14[Ge][C]5(OO)C(O)CCC1(C)C5C[C@@H](OO)C43)[C@]2(C)O. The molecule has 7 fully saturated rings. The molecule has 4 bridgehead atoms. The summed E-state index contributed by atoms with van der Waals surface area (Å²) >= 11 is -1.38. The number of aliphatic hydroxyl groups is 4. The summed E-state index contributed by atoms with van der Waals surface area (Å²) in [5.41, 5.74) is -3.30. The average molecular weight is 626 g/mol. The molecule has 224 valence electrons. The second kappa shape index (κ2) is 8.86. The van der Waals surface area contributed by atoms with Crippen LogP contribution in [0.4, 0.5) is 0 Å². The summed E-state index contributed by atoms with van der Waals surface area (Å²) in [6.07, 6.45) is -0.999. The van der Waals surface area contributed by atoms with Gasteiger partial charge in [-0.2, -0.15) is 0 Å². The van der Waals surface area contributed by atoms with Gasteiger partial charge in [0.05, 0.1) is 0 Å². The number of fused-ring (bicyclic) bond motifs is 5. The van der Waals surface area contributed by atoms with Gasteiger partial charge in [0.1, 0.15) is 0 Å². The maximum atomic E-state index is 12.3. The number of ether oxygens (including phenoxy) is 1. The number of piperidine rings is 2. The molecule has 12 heteroatoms. The first-order valence-electron chi connectivity index (χ1n) is 14.9. The normalized spacial score (nSPS) is 62.2. The molecule has 16 atom stereocenters. The molecule has 7 rings (SSSR count). The third-order valence-corrected chi connectivity index (χ3v) is 19.2. The second-order valence-electron chi connectivity index (χ2n) is 14.7. The Morgan fingerprint density at radius 1 is 1.07 bits per heavy atom. The van der Waals surface area contributed by atoms with E-state index < -0.39 is 82.9 Å². The zero-order valence-corrected chi connectivity index (χ0v) is 25.4. The molecule has 12 unspecified atom stereocenters. The molecule has 6 N–H and O–H groups in total. The van der Waals surface area contributed by atoms with Gasteiger partial charge < -0.3 is 0 Å². The molecular weight excluding hydrogens is 583 g/mol. The predicted octanol–water partition coefficient (Wildman–Crippen LogP) is 0.469. The number of carbonyl (C=O) groups excluding carboxylic acids is 1. The molecule has 0 aromatic heterocycles. The summed E-state index contributed by atoms with van der Waals surface area (Å²) in [6, 6.07) is -0.149. The number of nitrogens with zero attached hydrogens (tertiary/aromatic N) is 1. The maximum absolute atomic E-state index is 12.3. The van der Waals surface area contributed by atoms with Crippen molar-refractivity contribution in [2.24, 2.45) is 40.9 Å². The topological polar surface area (TPSA) is 169 Å². The van der Waals surface area contributed by atoms with Crippen LogP contribution in [0.1, 0.15) is 59.3 Å². The minimum atomic E-state index is -1.57. The minimum absolute atomic E-state index is 0.149. The van der Waals surface area contributed by atoms with Crippen molar-refractivity contribution in [3.8, 4) is 0 Å². The van der Waals surface area contributed by atoms with Crippen molar-refractivity contribution < 1.29 is 50.2 Å². The van der Waals surface area contributed by atoms with E-state index in [-0.39, 0.29) is 24.3 Å². The van der Waals surface area contributed by atoms with Gasteiger partial charge >= 0.3 is 241 Å². The van der Waals surface area contributed by atoms with Crippen LogP contribution >= 0.6 is 0 Å². The first kappa shape index (κ1) is 28.4. The number of hydrogen-bond donors (Lipinski definition) is 6. The van der Waals surface area contributed by atoms with Crippen LogP contribution in [-0.4, -0.2) is 117 Å². The van der Waals surface area contributed by atoms with Gasteiger partial charge in [0.15, 0.2) is 0 Å². The van der Waals surface area contributed by atoms with Gasteiger partial charge in [0, 0.05) is 0 Å². The van der Waals surface area contributed by atoms with Crippen LogP contribution in [0, 0.1) is 40.9 Å². The van der Waals surface area contributed by atoms with Gasteiger partial charge in [0.2, 0.25) is 0 Å². The molecule has 7 aliphatic rings. The van der Waals surface area contributed by atoms with E-state index in [2.05, 4.69) is 18.7 Å². The summed E-state index contributed by atoms with van der Waals surface area (Å²) < 4.78 is 4.26. The van der Waals surface area contributed by atoms with Crippen LogP contribution < -0.4 is 0 Å². The van der Waals surface area contributed by atoms with Crippen LogP contribution in [0.15, 0.2) is 0 Å². The van der Waals surface area contributed by atoms with Crippen molar-refractivity contribution in [2.45, 2.75) is 110 Å². The Bertz CT molecular complexity index is 1070. The zero-order chi connectivity index (χ0) is 28.6. The predicted molar refractivity (Wildman–Crippen MR) is 139 cm³/mol. The van der Waals surface area contributed by atoms with Gasteiger partial charge in [-0.15, -0.1) is 0 Å². The van der Waals surface area contributed by atoms with Crippen molar-refractivity contribution in [3.05, 3.63) is 0 Å². The zero-order valence-electron chi connectivity index (χ0n) is 23.3. The third kappa shape index (κ3) is 3.01. The molecule has 4 aliphatic carbocycles. The molecule has 0 aromatic rings. The van der Waals surface area contributed by atoms with Gasteiger partial charge in [-0.1, -0.05) is 0 Å². The Hall–Kier alpha value is -0.347. The number of hydrogen-bond acceptors (Lipinski definition) is 11. The van der Waals surface area contributed by atoms with Crippen molar-refractivity contribution >= 4 is 21.9 Å². The Morgan fingerprint density at radius 3 is 2.50 bits per heavy atom. The first-order chi connectivity index (χ1) is 18.9. The van der Waals surface area contributed by atoms with Crippen molar-refractivity contribution in [3.63, 3.8) is 0 Å². The Balaban J connectivity index is 1.42. The summed E-state index contributed by atoms with van der Waals surface area (Å²) in [6.45, 7) is 7.88. The molecule has 2 radical (unpaired) electrons. The van der Waals surface area contributed by atoms with E-state index in [4.69, 9.17) is 14.5 Å². The number of carbonyl (C=O) groups is 1. The Kier molecular flexibility index (Phi) is 6.29. The molecule has 3 saturated heterocycles. The first-order valence-corrected chi connectivity index (χ1v) is 17.0. The molecular formula is C28H43GeNO10. The average Bonchev–Trinajstić information content (AvgIpc) is 3.21. The quantitative estimate of drug-likeness (QED) is 0.111. The van der Waals surface area contributed by atoms with E-state index in [1.165, 1.54) is 0 Å². The molecule has 3 heterocycles. The van der Waals surface area contributed by atoms with Gasteiger partial charge in [-0.3, -0.25) is 0 Å². The molecule has 1 spiro atoms. The van der Waals surface area contributed by atoms with Crippen LogP contribution in [0.2, 0.25) is 4.25 Å². The fourth-order valence-corrected chi connectivity index (χ4v) is 18.7. The third-order valence-electron chi connectivity index (χ3n) is 13.5. The second-order valence-corrected chi connectivity index (χ2v) is 18.8. The van der Waals surface area contributed by atoms with Gasteiger partial charge in [-0.25, -0.2) is 0 Å². The molecule has 40 heavy (non-hydrogen) atoms. The Labute approximate surface area is 240 Å². The summed E-state index contributed by atoms with van der Waals surface area (Å²) in [5.74, 6) is -1.92. The van der Waals surface area contributed by atoms with E-state index in [0.29, 0.717) is 38.2 Å². The van der Waals surface area contributed by atoms with E-state index >= 15 is 0 Å². The van der Waals surface area contributed by atoms with E-state index in [9.17, 15) is 35.7 Å². The van der Waals surface area contributed by atoms with Gasteiger partial charge in [-0.05, 0) is 0 Å².